The van der Waals surface area contributed by atoms with Crippen molar-refractivity contribution in [1.29, 1.82) is 0 Å². The molecule has 0 bridgehead atoms. The summed E-state index contributed by atoms with van der Waals surface area (Å²) >= 11 is 0. The average Bonchev–Trinajstić information content (AvgIpc) is 3.02. The molecule has 5 heteroatoms. The molecule has 0 saturated heterocycles. The topological polar surface area (TPSA) is 50.8 Å². The van der Waals surface area contributed by atoms with Crippen molar-refractivity contribution in [1.82, 2.24) is 5.32 Å². The van der Waals surface area contributed by atoms with Gasteiger partial charge in [0.2, 0.25) is 6.79 Å². The van der Waals surface area contributed by atoms with Crippen molar-refractivity contribution in [3.05, 3.63) is 54.1 Å². The number of para-hydroxylation sites is 1. The van der Waals surface area contributed by atoms with Crippen molar-refractivity contribution in [2.24, 2.45) is 0 Å². The quantitative estimate of drug-likeness (QED) is 0.943. The van der Waals surface area contributed by atoms with Crippen LogP contribution in [0.5, 0.6) is 11.5 Å². The normalized spacial score (nSPS) is 12.0. The molecule has 2 aromatic carbocycles. The van der Waals surface area contributed by atoms with Gasteiger partial charge in [0.1, 0.15) is 0 Å². The highest BCUT2D eigenvalue weighted by Crippen LogP contribution is 2.32. The Kier molecular flexibility index (Phi) is 4.14. The first-order valence-corrected chi connectivity index (χ1v) is 7.27. The Bertz CT molecular complexity index is 658. The van der Waals surface area contributed by atoms with Crippen LogP contribution < -0.4 is 19.7 Å². The zero-order valence-corrected chi connectivity index (χ0v) is 12.4. The molecule has 1 aliphatic heterocycles. The van der Waals surface area contributed by atoms with E-state index in [4.69, 9.17) is 9.47 Å². The van der Waals surface area contributed by atoms with E-state index in [0.717, 1.165) is 22.7 Å². The number of carbonyl (C=O) groups excluding carboxylic acids is 1. The number of fused-ring (bicyclic) bond motifs is 1. The van der Waals surface area contributed by atoms with Gasteiger partial charge >= 0.3 is 6.03 Å². The lowest BCUT2D eigenvalue weighted by Crippen LogP contribution is -2.39. The molecule has 0 aliphatic carbocycles. The van der Waals surface area contributed by atoms with Gasteiger partial charge in [-0.1, -0.05) is 24.3 Å². The number of anilines is 1. The zero-order valence-electron chi connectivity index (χ0n) is 12.4. The minimum Gasteiger partial charge on any atom is -0.454 e. The van der Waals surface area contributed by atoms with Gasteiger partial charge in [-0.05, 0) is 36.8 Å². The maximum absolute atomic E-state index is 12.3. The molecule has 22 heavy (non-hydrogen) atoms. The van der Waals surface area contributed by atoms with Crippen LogP contribution in [0, 0.1) is 0 Å². The summed E-state index contributed by atoms with van der Waals surface area (Å²) in [5.74, 6) is 1.47. The Hall–Kier alpha value is -2.69. The summed E-state index contributed by atoms with van der Waals surface area (Å²) < 4.78 is 10.6. The fourth-order valence-corrected chi connectivity index (χ4v) is 2.38. The molecule has 2 aromatic rings. The molecular formula is C17H18N2O3. The molecule has 0 spiro atoms. The number of ether oxygens (including phenoxy) is 2. The summed E-state index contributed by atoms with van der Waals surface area (Å²) in [4.78, 5) is 14.0. The summed E-state index contributed by atoms with van der Waals surface area (Å²) in [5.41, 5.74) is 1.86. The van der Waals surface area contributed by atoms with Crippen LogP contribution in [0.4, 0.5) is 10.5 Å². The molecule has 5 nitrogen and oxygen atoms in total. The number of benzene rings is 2. The number of hydrogen-bond donors (Lipinski definition) is 1. The summed E-state index contributed by atoms with van der Waals surface area (Å²) in [6.45, 7) is 3.26. The van der Waals surface area contributed by atoms with Crippen LogP contribution in [0.1, 0.15) is 12.5 Å². The molecule has 114 valence electrons. The number of hydrogen-bond acceptors (Lipinski definition) is 3. The third kappa shape index (κ3) is 2.98. The molecule has 0 atom stereocenters. The molecule has 0 saturated carbocycles. The standard InChI is InChI=1S/C17H18N2O3/c1-2-19(14-6-4-3-5-7-14)17(20)18-11-13-8-9-15-16(10-13)22-12-21-15/h3-10H,2,11-12H2,1H3,(H,18,20). The molecular weight excluding hydrogens is 280 g/mol. The average molecular weight is 298 g/mol. The lowest BCUT2D eigenvalue weighted by Gasteiger charge is -2.21. The fourth-order valence-electron chi connectivity index (χ4n) is 2.38. The molecule has 1 heterocycles. The second kappa shape index (κ2) is 6.39. The number of carbonyl (C=O) groups is 1. The van der Waals surface area contributed by atoms with E-state index in [9.17, 15) is 4.79 Å². The predicted molar refractivity (Wildman–Crippen MR) is 84.3 cm³/mol. The number of rotatable bonds is 4. The van der Waals surface area contributed by atoms with Crippen LogP contribution in [-0.4, -0.2) is 19.4 Å². The molecule has 1 aliphatic rings. The van der Waals surface area contributed by atoms with E-state index in [1.54, 1.807) is 4.90 Å². The molecule has 2 amide bonds. The molecule has 1 N–H and O–H groups in total. The Morgan fingerprint density at radius 2 is 1.91 bits per heavy atom. The van der Waals surface area contributed by atoms with Crippen LogP contribution in [0.25, 0.3) is 0 Å². The van der Waals surface area contributed by atoms with Crippen LogP contribution in [0.3, 0.4) is 0 Å². The number of nitrogens with one attached hydrogen (secondary N) is 1. The van der Waals surface area contributed by atoms with Crippen molar-refractivity contribution < 1.29 is 14.3 Å². The summed E-state index contributed by atoms with van der Waals surface area (Å²) in [5, 5.41) is 2.93. The second-order valence-electron chi connectivity index (χ2n) is 4.93. The largest absolute Gasteiger partial charge is 0.454 e. The summed E-state index contributed by atoms with van der Waals surface area (Å²) in [7, 11) is 0. The fraction of sp³-hybridized carbons (Fsp3) is 0.235. The predicted octanol–water partition coefficient (Wildman–Crippen LogP) is 3.15. The van der Waals surface area contributed by atoms with Crippen molar-refractivity contribution in [3.8, 4) is 11.5 Å². The van der Waals surface area contributed by atoms with Gasteiger partial charge < -0.3 is 14.8 Å². The Balaban J connectivity index is 1.64. The zero-order chi connectivity index (χ0) is 15.4. The number of amides is 2. The van der Waals surface area contributed by atoms with Gasteiger partial charge in [-0.2, -0.15) is 0 Å². The highest BCUT2D eigenvalue weighted by atomic mass is 16.7. The lowest BCUT2D eigenvalue weighted by atomic mass is 10.2. The SMILES string of the molecule is CCN(C(=O)NCc1ccc2c(c1)OCO2)c1ccccc1. The minimum absolute atomic E-state index is 0.119. The van der Waals surface area contributed by atoms with Crippen molar-refractivity contribution in [3.63, 3.8) is 0 Å². The third-order valence-corrected chi connectivity index (χ3v) is 3.51. The van der Waals surface area contributed by atoms with Crippen LogP contribution in [-0.2, 0) is 6.54 Å². The van der Waals surface area contributed by atoms with Crippen molar-refractivity contribution in [2.75, 3.05) is 18.2 Å². The first-order chi connectivity index (χ1) is 10.8. The number of nitrogens with zero attached hydrogens (tertiary/aromatic N) is 1. The highest BCUT2D eigenvalue weighted by molar-refractivity contribution is 5.91. The smallest absolute Gasteiger partial charge is 0.322 e. The monoisotopic (exact) mass is 298 g/mol. The van der Waals surface area contributed by atoms with Crippen molar-refractivity contribution >= 4 is 11.7 Å². The molecule has 0 aromatic heterocycles. The van der Waals surface area contributed by atoms with Gasteiger partial charge in [0.25, 0.3) is 0 Å². The Morgan fingerprint density at radius 3 is 2.68 bits per heavy atom. The first kappa shape index (κ1) is 14.3. The van der Waals surface area contributed by atoms with Gasteiger partial charge in [-0.3, -0.25) is 4.90 Å². The summed E-state index contributed by atoms with van der Waals surface area (Å²) in [6, 6.07) is 15.2. The van der Waals surface area contributed by atoms with Crippen LogP contribution in [0.2, 0.25) is 0 Å². The van der Waals surface area contributed by atoms with E-state index in [2.05, 4.69) is 5.32 Å². The highest BCUT2D eigenvalue weighted by Gasteiger charge is 2.15. The molecule has 0 radical (unpaired) electrons. The van der Waals surface area contributed by atoms with Gasteiger partial charge in [0.15, 0.2) is 11.5 Å². The maximum atomic E-state index is 12.3. The third-order valence-electron chi connectivity index (χ3n) is 3.51. The number of urea groups is 1. The second-order valence-corrected chi connectivity index (χ2v) is 4.93. The molecule has 0 fully saturated rings. The van der Waals surface area contributed by atoms with Crippen LogP contribution >= 0.6 is 0 Å². The van der Waals surface area contributed by atoms with Gasteiger partial charge in [0, 0.05) is 18.8 Å². The Labute approximate surface area is 129 Å². The van der Waals surface area contributed by atoms with E-state index in [1.165, 1.54) is 0 Å². The van der Waals surface area contributed by atoms with E-state index in [1.807, 2.05) is 55.5 Å². The first-order valence-electron chi connectivity index (χ1n) is 7.27. The van der Waals surface area contributed by atoms with E-state index in [-0.39, 0.29) is 12.8 Å². The minimum atomic E-state index is -0.119. The maximum Gasteiger partial charge on any atom is 0.322 e. The lowest BCUT2D eigenvalue weighted by molar-refractivity contribution is 0.174. The summed E-state index contributed by atoms with van der Waals surface area (Å²) in [6.07, 6.45) is 0. The van der Waals surface area contributed by atoms with Gasteiger partial charge in [-0.25, -0.2) is 4.79 Å². The van der Waals surface area contributed by atoms with E-state index < -0.39 is 0 Å². The Morgan fingerprint density at radius 1 is 1.14 bits per heavy atom. The van der Waals surface area contributed by atoms with Gasteiger partial charge in [0.05, 0.1) is 0 Å². The molecule has 0 unspecified atom stereocenters. The van der Waals surface area contributed by atoms with Crippen molar-refractivity contribution in [2.45, 2.75) is 13.5 Å². The van der Waals surface area contributed by atoms with Crippen LogP contribution in [0.15, 0.2) is 48.5 Å². The van der Waals surface area contributed by atoms with E-state index >= 15 is 0 Å². The van der Waals surface area contributed by atoms with E-state index in [0.29, 0.717) is 13.1 Å². The molecule has 3 rings (SSSR count). The van der Waals surface area contributed by atoms with Gasteiger partial charge in [-0.15, -0.1) is 0 Å².